The third-order valence-electron chi connectivity index (χ3n) is 4.60. The van der Waals surface area contributed by atoms with Crippen molar-refractivity contribution >= 4 is 11.7 Å². The summed E-state index contributed by atoms with van der Waals surface area (Å²) >= 11 is 0. The lowest BCUT2D eigenvalue weighted by Gasteiger charge is -2.13. The number of amides is 1. The molecule has 0 bridgehead atoms. The zero-order valence-electron chi connectivity index (χ0n) is 15.2. The molecule has 0 saturated heterocycles. The molecule has 1 aliphatic heterocycles. The minimum absolute atomic E-state index is 0.0430. The van der Waals surface area contributed by atoms with Crippen LogP contribution in [0.2, 0.25) is 0 Å². The summed E-state index contributed by atoms with van der Waals surface area (Å²) in [4.78, 5) is 16.4. The molecule has 1 amide bonds. The van der Waals surface area contributed by atoms with Crippen LogP contribution in [0, 0.1) is 0 Å². The second-order valence-electron chi connectivity index (χ2n) is 6.63. The number of nitrogens with one attached hydrogen (secondary N) is 2. The van der Waals surface area contributed by atoms with Crippen LogP contribution < -0.4 is 10.6 Å². The highest BCUT2D eigenvalue weighted by Crippen LogP contribution is 2.29. The van der Waals surface area contributed by atoms with Crippen molar-refractivity contribution in [2.75, 3.05) is 13.1 Å². The van der Waals surface area contributed by atoms with Crippen LogP contribution in [-0.4, -0.2) is 51.3 Å². The van der Waals surface area contributed by atoms with Crippen molar-refractivity contribution in [3.63, 3.8) is 0 Å². The predicted octanol–water partition coefficient (Wildman–Crippen LogP) is 1.83. The number of carbonyl (C=O) groups excluding carboxylic acids is 1. The summed E-state index contributed by atoms with van der Waals surface area (Å²) in [6.07, 6.45) is 2.43. The summed E-state index contributed by atoms with van der Waals surface area (Å²) in [5.74, 6) is -0.988. The third-order valence-corrected chi connectivity index (χ3v) is 4.60. The number of nitrogens with zero attached hydrogens (tertiary/aromatic N) is 1. The number of aliphatic imine (C=N–C) groups is 1. The molecule has 1 atom stereocenters. The highest BCUT2D eigenvalue weighted by molar-refractivity contribution is 6.02. The summed E-state index contributed by atoms with van der Waals surface area (Å²) in [5, 5.41) is 44.6. The Labute approximate surface area is 162 Å². The largest absolute Gasteiger partial charge is 0.504 e. The van der Waals surface area contributed by atoms with E-state index in [2.05, 4.69) is 15.6 Å². The standard InChI is InChI=1S/C20H23N3O5/c24-15-8-3-6-13(17(15)26)19-22-11-12(23-19)5-1-2-10-21-20(28)14-7-4-9-16(25)18(14)27/h3-4,6-9,12,24-27H,1-2,5,10-11H2,(H,21,28)(H,22,23)/t12-/m1/s1. The predicted molar refractivity (Wildman–Crippen MR) is 104 cm³/mol. The maximum Gasteiger partial charge on any atom is 0.255 e. The lowest BCUT2D eigenvalue weighted by molar-refractivity contribution is 0.0949. The molecule has 2 aromatic carbocycles. The van der Waals surface area contributed by atoms with Crippen molar-refractivity contribution in [1.29, 1.82) is 0 Å². The van der Waals surface area contributed by atoms with Crippen molar-refractivity contribution in [3.05, 3.63) is 47.5 Å². The molecule has 0 radical (unpaired) electrons. The first kappa shape index (κ1) is 19.3. The summed E-state index contributed by atoms with van der Waals surface area (Å²) in [7, 11) is 0. The van der Waals surface area contributed by atoms with Crippen LogP contribution >= 0.6 is 0 Å². The van der Waals surface area contributed by atoms with Gasteiger partial charge in [-0.15, -0.1) is 0 Å². The third kappa shape index (κ3) is 4.28. The van der Waals surface area contributed by atoms with Crippen molar-refractivity contribution in [3.8, 4) is 23.0 Å². The van der Waals surface area contributed by atoms with Crippen LogP contribution in [0.3, 0.4) is 0 Å². The number of amidine groups is 1. The molecule has 0 aromatic heterocycles. The van der Waals surface area contributed by atoms with Crippen molar-refractivity contribution < 1.29 is 25.2 Å². The van der Waals surface area contributed by atoms with E-state index < -0.39 is 11.7 Å². The molecule has 0 unspecified atom stereocenters. The molecule has 28 heavy (non-hydrogen) atoms. The summed E-state index contributed by atoms with van der Waals surface area (Å²) in [5.41, 5.74) is 0.516. The molecule has 8 heteroatoms. The topological polar surface area (TPSA) is 134 Å². The zero-order chi connectivity index (χ0) is 20.1. The Bertz CT molecular complexity index is 897. The number of benzene rings is 2. The van der Waals surface area contributed by atoms with Gasteiger partial charge in [-0.05, 0) is 43.5 Å². The Morgan fingerprint density at radius 1 is 1.04 bits per heavy atom. The minimum atomic E-state index is -0.433. The Hall–Kier alpha value is -3.42. The van der Waals surface area contributed by atoms with Gasteiger partial charge in [-0.25, -0.2) is 0 Å². The van der Waals surface area contributed by atoms with Crippen LogP contribution in [0.1, 0.15) is 35.2 Å². The van der Waals surface area contributed by atoms with E-state index >= 15 is 0 Å². The van der Waals surface area contributed by atoms with Crippen molar-refractivity contribution in [1.82, 2.24) is 10.6 Å². The Morgan fingerprint density at radius 3 is 2.54 bits per heavy atom. The van der Waals surface area contributed by atoms with Crippen LogP contribution in [0.4, 0.5) is 0 Å². The van der Waals surface area contributed by atoms with Crippen LogP contribution in [-0.2, 0) is 0 Å². The van der Waals surface area contributed by atoms with E-state index in [1.54, 1.807) is 12.1 Å². The quantitative estimate of drug-likeness (QED) is 0.318. The van der Waals surface area contributed by atoms with Gasteiger partial charge in [-0.2, -0.15) is 0 Å². The van der Waals surface area contributed by atoms with Gasteiger partial charge in [0.1, 0.15) is 5.84 Å². The fourth-order valence-corrected chi connectivity index (χ4v) is 3.06. The number of hydrogen-bond acceptors (Lipinski definition) is 7. The van der Waals surface area contributed by atoms with Gasteiger partial charge in [0.25, 0.3) is 5.91 Å². The first-order valence-corrected chi connectivity index (χ1v) is 9.09. The molecule has 0 saturated carbocycles. The molecule has 3 rings (SSSR count). The van der Waals surface area contributed by atoms with E-state index in [0.717, 1.165) is 19.3 Å². The van der Waals surface area contributed by atoms with Crippen molar-refractivity contribution in [2.45, 2.75) is 25.3 Å². The monoisotopic (exact) mass is 385 g/mol. The molecule has 8 nitrogen and oxygen atoms in total. The maximum absolute atomic E-state index is 12.0. The molecule has 2 aromatic rings. The van der Waals surface area contributed by atoms with E-state index in [4.69, 9.17) is 0 Å². The van der Waals surface area contributed by atoms with Gasteiger partial charge in [0, 0.05) is 12.6 Å². The molecule has 1 heterocycles. The number of hydrogen-bond donors (Lipinski definition) is 6. The second-order valence-corrected chi connectivity index (χ2v) is 6.63. The number of aromatic hydroxyl groups is 4. The fraction of sp³-hybridized carbons (Fsp3) is 0.300. The maximum atomic E-state index is 12.0. The highest BCUT2D eigenvalue weighted by Gasteiger charge is 2.21. The number of rotatable bonds is 7. The van der Waals surface area contributed by atoms with Gasteiger partial charge >= 0.3 is 0 Å². The molecular weight excluding hydrogens is 362 g/mol. The normalized spacial score (nSPS) is 15.7. The van der Waals surface area contributed by atoms with E-state index in [9.17, 15) is 25.2 Å². The Morgan fingerprint density at radius 2 is 1.75 bits per heavy atom. The van der Waals surface area contributed by atoms with Crippen LogP contribution in [0.5, 0.6) is 23.0 Å². The summed E-state index contributed by atoms with van der Waals surface area (Å²) < 4.78 is 0. The molecule has 0 fully saturated rings. The number of unbranched alkanes of at least 4 members (excludes halogenated alkanes) is 1. The van der Waals surface area contributed by atoms with Gasteiger partial charge in [0.2, 0.25) is 0 Å². The zero-order valence-corrected chi connectivity index (χ0v) is 15.2. The number of carbonyl (C=O) groups is 1. The first-order chi connectivity index (χ1) is 13.5. The number of para-hydroxylation sites is 2. The lowest BCUT2D eigenvalue weighted by Crippen LogP contribution is -2.31. The first-order valence-electron chi connectivity index (χ1n) is 9.09. The van der Waals surface area contributed by atoms with Crippen LogP contribution in [0.25, 0.3) is 0 Å². The minimum Gasteiger partial charge on any atom is -0.504 e. The smallest absolute Gasteiger partial charge is 0.255 e. The lowest BCUT2D eigenvalue weighted by atomic mass is 10.1. The highest BCUT2D eigenvalue weighted by atomic mass is 16.3. The van der Waals surface area contributed by atoms with Crippen LogP contribution in [0.15, 0.2) is 41.4 Å². The van der Waals surface area contributed by atoms with Gasteiger partial charge in [0.15, 0.2) is 23.0 Å². The molecule has 6 N–H and O–H groups in total. The van der Waals surface area contributed by atoms with Gasteiger partial charge < -0.3 is 31.1 Å². The molecule has 1 aliphatic rings. The molecule has 148 valence electrons. The summed E-state index contributed by atoms with van der Waals surface area (Å²) in [6.45, 7) is 1.02. The average Bonchev–Trinajstić information content (AvgIpc) is 3.14. The van der Waals surface area contributed by atoms with Gasteiger partial charge in [0.05, 0.1) is 17.7 Å². The molecular formula is C20H23N3O5. The van der Waals surface area contributed by atoms with E-state index in [0.29, 0.717) is 24.5 Å². The van der Waals surface area contributed by atoms with E-state index in [-0.39, 0.29) is 28.9 Å². The Balaban J connectivity index is 1.39. The molecule has 0 aliphatic carbocycles. The van der Waals surface area contributed by atoms with Crippen molar-refractivity contribution in [2.24, 2.45) is 4.99 Å². The number of phenols is 4. The number of phenolic OH excluding ortho intramolecular Hbond substituents is 4. The Kier molecular flexibility index (Phi) is 5.88. The second kappa shape index (κ2) is 8.51. The SMILES string of the molecule is O=C(NCCCC[C@@H]1CN=C(c2cccc(O)c2O)N1)c1cccc(O)c1O. The summed E-state index contributed by atoms with van der Waals surface area (Å²) in [6, 6.07) is 9.14. The fourth-order valence-electron chi connectivity index (χ4n) is 3.06. The van der Waals surface area contributed by atoms with E-state index in [1.165, 1.54) is 24.3 Å². The average molecular weight is 385 g/mol. The van der Waals surface area contributed by atoms with Gasteiger partial charge in [-0.3, -0.25) is 9.79 Å². The molecule has 0 spiro atoms. The van der Waals surface area contributed by atoms with E-state index in [1.807, 2.05) is 0 Å². The van der Waals surface area contributed by atoms with Gasteiger partial charge in [-0.1, -0.05) is 12.1 Å².